The number of aromatic nitrogens is 4. The fourth-order valence-electron chi connectivity index (χ4n) is 1.08. The lowest BCUT2D eigenvalue weighted by Gasteiger charge is -1.99. The third kappa shape index (κ3) is 1.75. The van der Waals surface area contributed by atoms with Crippen LogP contribution in [0.1, 0.15) is 10.4 Å². The van der Waals surface area contributed by atoms with Gasteiger partial charge in [-0.15, -0.1) is 5.10 Å². The molecule has 2 heterocycles. The summed E-state index contributed by atoms with van der Waals surface area (Å²) in [6.07, 6.45) is 4.09. The van der Waals surface area contributed by atoms with Crippen LogP contribution in [0.5, 0.6) is 0 Å². The zero-order valence-electron chi connectivity index (χ0n) is 7.66. The van der Waals surface area contributed by atoms with Crippen molar-refractivity contribution in [1.82, 2.24) is 19.7 Å². The fraction of sp³-hybridized carbons (Fsp3) is 0. The molecule has 2 rings (SSSR count). The molecule has 2 aromatic heterocycles. The van der Waals surface area contributed by atoms with Crippen molar-refractivity contribution in [2.24, 2.45) is 0 Å². The zero-order chi connectivity index (χ0) is 10.8. The lowest BCUT2D eigenvalue weighted by Crippen LogP contribution is -2.13. The first-order chi connectivity index (χ1) is 7.16. The van der Waals surface area contributed by atoms with E-state index in [0.29, 0.717) is 11.3 Å². The van der Waals surface area contributed by atoms with Crippen LogP contribution in [0.4, 0.5) is 11.6 Å². The SMILES string of the molecule is Nc1cncc(C(=O)n2cnc(N)n2)c1. The number of nitrogens with zero attached hydrogens (tertiary/aromatic N) is 4. The van der Waals surface area contributed by atoms with Gasteiger partial charge in [0.05, 0.1) is 11.3 Å². The van der Waals surface area contributed by atoms with E-state index in [2.05, 4.69) is 15.1 Å². The Morgan fingerprint density at radius 3 is 2.73 bits per heavy atom. The summed E-state index contributed by atoms with van der Waals surface area (Å²) in [5, 5.41) is 3.68. The van der Waals surface area contributed by atoms with Crippen LogP contribution in [0.3, 0.4) is 0 Å². The Labute approximate surface area is 84.7 Å². The largest absolute Gasteiger partial charge is 0.397 e. The van der Waals surface area contributed by atoms with Gasteiger partial charge < -0.3 is 11.5 Å². The number of carbonyl (C=O) groups is 1. The van der Waals surface area contributed by atoms with Gasteiger partial charge in [0.2, 0.25) is 5.95 Å². The second-order valence-corrected chi connectivity index (χ2v) is 2.86. The zero-order valence-corrected chi connectivity index (χ0v) is 7.66. The Hall–Kier alpha value is -2.44. The van der Waals surface area contributed by atoms with E-state index < -0.39 is 0 Å². The molecule has 0 unspecified atom stereocenters. The van der Waals surface area contributed by atoms with Gasteiger partial charge in [-0.2, -0.15) is 4.68 Å². The van der Waals surface area contributed by atoms with E-state index in [9.17, 15) is 4.79 Å². The van der Waals surface area contributed by atoms with Crippen molar-refractivity contribution in [3.05, 3.63) is 30.4 Å². The lowest BCUT2D eigenvalue weighted by atomic mass is 10.2. The summed E-state index contributed by atoms with van der Waals surface area (Å²) in [5.41, 5.74) is 11.5. The summed E-state index contributed by atoms with van der Waals surface area (Å²) in [6.45, 7) is 0. The van der Waals surface area contributed by atoms with E-state index in [1.807, 2.05) is 0 Å². The molecular formula is C8H8N6O. The van der Waals surface area contributed by atoms with Crippen LogP contribution in [0.25, 0.3) is 0 Å². The molecular weight excluding hydrogens is 196 g/mol. The van der Waals surface area contributed by atoms with Gasteiger partial charge in [0, 0.05) is 12.4 Å². The topological polar surface area (TPSA) is 113 Å². The molecule has 0 saturated carbocycles. The smallest absolute Gasteiger partial charge is 0.281 e. The summed E-state index contributed by atoms with van der Waals surface area (Å²) in [6, 6.07) is 1.51. The first-order valence-corrected chi connectivity index (χ1v) is 4.09. The minimum absolute atomic E-state index is 0.0419. The molecule has 0 aromatic carbocycles. The molecule has 0 bridgehead atoms. The maximum Gasteiger partial charge on any atom is 0.281 e. The van der Waals surface area contributed by atoms with Gasteiger partial charge in [-0.3, -0.25) is 9.78 Å². The molecule has 4 N–H and O–H groups in total. The molecule has 0 radical (unpaired) electrons. The number of anilines is 2. The van der Waals surface area contributed by atoms with Crippen LogP contribution in [0, 0.1) is 0 Å². The summed E-state index contributed by atoms with van der Waals surface area (Å²) in [5.74, 6) is -0.334. The van der Waals surface area contributed by atoms with Crippen molar-refractivity contribution >= 4 is 17.5 Å². The van der Waals surface area contributed by atoms with E-state index in [1.54, 1.807) is 0 Å². The Bertz CT molecular complexity index is 505. The maximum atomic E-state index is 11.7. The number of carbonyl (C=O) groups excluding carboxylic acids is 1. The molecule has 0 atom stereocenters. The van der Waals surface area contributed by atoms with Crippen LogP contribution in [0.2, 0.25) is 0 Å². The molecule has 76 valence electrons. The minimum atomic E-state index is -0.376. The van der Waals surface area contributed by atoms with E-state index in [4.69, 9.17) is 11.5 Å². The Morgan fingerprint density at radius 2 is 2.13 bits per heavy atom. The molecule has 7 nitrogen and oxygen atoms in total. The third-order valence-corrected chi connectivity index (χ3v) is 1.72. The quantitative estimate of drug-likeness (QED) is 0.649. The van der Waals surface area contributed by atoms with Crippen LogP contribution in [0.15, 0.2) is 24.8 Å². The van der Waals surface area contributed by atoms with Crippen LogP contribution < -0.4 is 11.5 Å². The van der Waals surface area contributed by atoms with E-state index in [1.165, 1.54) is 24.8 Å². The van der Waals surface area contributed by atoms with Crippen molar-refractivity contribution < 1.29 is 4.79 Å². The van der Waals surface area contributed by atoms with Gasteiger partial charge in [-0.1, -0.05) is 0 Å². The average molecular weight is 204 g/mol. The van der Waals surface area contributed by atoms with E-state index in [0.717, 1.165) is 4.68 Å². The van der Waals surface area contributed by atoms with Gasteiger partial charge in [0.1, 0.15) is 6.33 Å². The van der Waals surface area contributed by atoms with Gasteiger partial charge in [-0.25, -0.2) is 4.98 Å². The van der Waals surface area contributed by atoms with E-state index >= 15 is 0 Å². The normalized spacial score (nSPS) is 10.1. The molecule has 0 fully saturated rings. The highest BCUT2D eigenvalue weighted by Gasteiger charge is 2.10. The highest BCUT2D eigenvalue weighted by molar-refractivity contribution is 5.95. The predicted molar refractivity (Wildman–Crippen MR) is 52.8 cm³/mol. The van der Waals surface area contributed by atoms with Gasteiger partial charge in [0.25, 0.3) is 5.91 Å². The second kappa shape index (κ2) is 3.37. The number of hydrogen-bond donors (Lipinski definition) is 2. The molecule has 0 spiro atoms. The number of nitrogen functional groups attached to an aromatic ring is 2. The Morgan fingerprint density at radius 1 is 1.33 bits per heavy atom. The highest BCUT2D eigenvalue weighted by atomic mass is 16.2. The molecule has 0 saturated heterocycles. The predicted octanol–water partition coefficient (Wildman–Crippen LogP) is -0.474. The molecule has 2 aromatic rings. The van der Waals surface area contributed by atoms with Gasteiger partial charge >= 0.3 is 0 Å². The first-order valence-electron chi connectivity index (χ1n) is 4.09. The molecule has 0 aliphatic heterocycles. The summed E-state index contributed by atoms with van der Waals surface area (Å²) in [4.78, 5) is 19.2. The second-order valence-electron chi connectivity index (χ2n) is 2.86. The van der Waals surface area contributed by atoms with Crippen LogP contribution in [-0.4, -0.2) is 25.7 Å². The fourth-order valence-corrected chi connectivity index (χ4v) is 1.08. The average Bonchev–Trinajstić information content (AvgIpc) is 2.64. The molecule has 0 amide bonds. The number of nitrogens with two attached hydrogens (primary N) is 2. The summed E-state index contributed by atoms with van der Waals surface area (Å²) in [7, 11) is 0. The standard InChI is InChI=1S/C8H8N6O/c9-6-1-5(2-11-3-6)7(15)14-4-12-8(10)13-14/h1-4H,9H2,(H2,10,13). The maximum absolute atomic E-state index is 11.7. The van der Waals surface area contributed by atoms with Crippen LogP contribution in [-0.2, 0) is 0 Å². The van der Waals surface area contributed by atoms with Crippen molar-refractivity contribution in [3.8, 4) is 0 Å². The van der Waals surface area contributed by atoms with Crippen molar-refractivity contribution in [2.75, 3.05) is 11.5 Å². The van der Waals surface area contributed by atoms with E-state index in [-0.39, 0.29) is 11.9 Å². The number of rotatable bonds is 1. The summed E-state index contributed by atoms with van der Waals surface area (Å²) >= 11 is 0. The van der Waals surface area contributed by atoms with Crippen molar-refractivity contribution in [1.29, 1.82) is 0 Å². The van der Waals surface area contributed by atoms with Gasteiger partial charge in [0.15, 0.2) is 0 Å². The molecule has 15 heavy (non-hydrogen) atoms. The Balaban J connectivity index is 2.36. The number of hydrogen-bond acceptors (Lipinski definition) is 6. The minimum Gasteiger partial charge on any atom is -0.397 e. The van der Waals surface area contributed by atoms with Crippen LogP contribution >= 0.6 is 0 Å². The first kappa shape index (κ1) is 9.13. The lowest BCUT2D eigenvalue weighted by molar-refractivity contribution is 0.0944. The van der Waals surface area contributed by atoms with Crippen molar-refractivity contribution in [3.63, 3.8) is 0 Å². The molecule has 0 aliphatic carbocycles. The molecule has 7 heteroatoms. The summed E-state index contributed by atoms with van der Waals surface area (Å²) < 4.78 is 1.03. The van der Waals surface area contributed by atoms with Crippen molar-refractivity contribution in [2.45, 2.75) is 0 Å². The molecule has 0 aliphatic rings. The number of pyridine rings is 1. The third-order valence-electron chi connectivity index (χ3n) is 1.72. The van der Waals surface area contributed by atoms with Gasteiger partial charge in [-0.05, 0) is 6.07 Å². The monoisotopic (exact) mass is 204 g/mol. The highest BCUT2D eigenvalue weighted by Crippen LogP contribution is 2.05. The Kier molecular flexibility index (Phi) is 2.05.